The number of hydrogen-bond acceptors (Lipinski definition) is 6. The first-order chi connectivity index (χ1) is 15.6. The fourth-order valence-corrected chi connectivity index (χ4v) is 5.19. The van der Waals surface area contributed by atoms with Crippen molar-refractivity contribution in [3.63, 3.8) is 0 Å². The van der Waals surface area contributed by atoms with E-state index in [9.17, 15) is 10.1 Å². The highest BCUT2D eigenvalue weighted by Crippen LogP contribution is 2.51. The molecule has 0 bridgehead atoms. The van der Waals surface area contributed by atoms with E-state index in [1.165, 1.54) is 0 Å². The number of carbonyl (C=O) groups is 1. The van der Waals surface area contributed by atoms with Gasteiger partial charge in [0.25, 0.3) is 0 Å². The van der Waals surface area contributed by atoms with Crippen molar-refractivity contribution in [1.82, 2.24) is 0 Å². The molecule has 5 rings (SSSR count). The molecule has 32 heavy (non-hydrogen) atoms. The first-order valence-electron chi connectivity index (χ1n) is 10.0. The molecule has 6 heteroatoms. The summed E-state index contributed by atoms with van der Waals surface area (Å²) in [5, 5.41) is 10.8. The van der Waals surface area contributed by atoms with Crippen LogP contribution in [-0.2, 0) is 0 Å². The molecule has 1 unspecified atom stereocenters. The predicted molar refractivity (Wildman–Crippen MR) is 124 cm³/mol. The summed E-state index contributed by atoms with van der Waals surface area (Å²) in [6.07, 6.45) is 0. The quantitative estimate of drug-likeness (QED) is 0.330. The first-order valence-corrected chi connectivity index (χ1v) is 10.8. The van der Waals surface area contributed by atoms with Crippen LogP contribution in [0.2, 0.25) is 0 Å². The molecular weight excluding hydrogens is 420 g/mol. The number of nitriles is 1. The molecule has 0 fully saturated rings. The molecule has 1 aliphatic heterocycles. The molecule has 2 N–H and O–H groups in total. The minimum absolute atomic E-state index is 0.0633. The molecule has 2 heterocycles. The van der Waals surface area contributed by atoms with E-state index in [0.29, 0.717) is 28.2 Å². The molecule has 1 aromatic heterocycles. The zero-order valence-corrected chi connectivity index (χ0v) is 18.0. The summed E-state index contributed by atoms with van der Waals surface area (Å²) < 4.78 is 12.7. The normalized spacial score (nSPS) is 15.1. The highest BCUT2D eigenvalue weighted by atomic mass is 32.1. The van der Waals surface area contributed by atoms with Crippen molar-refractivity contribution in [3.05, 3.63) is 106 Å². The van der Waals surface area contributed by atoms with E-state index in [0.717, 1.165) is 20.5 Å². The van der Waals surface area contributed by atoms with E-state index < -0.39 is 11.9 Å². The van der Waals surface area contributed by atoms with Crippen LogP contribution in [0.1, 0.15) is 32.3 Å². The number of nitrogens with zero attached hydrogens (tertiary/aromatic N) is 1. The Labute approximate surface area is 188 Å². The number of thiophene rings is 1. The number of ether oxygens (including phenoxy) is 2. The van der Waals surface area contributed by atoms with Crippen molar-refractivity contribution in [2.75, 3.05) is 0 Å². The third kappa shape index (κ3) is 3.29. The minimum atomic E-state index is -0.498. The van der Waals surface area contributed by atoms with Gasteiger partial charge in [-0.15, -0.1) is 11.3 Å². The summed E-state index contributed by atoms with van der Waals surface area (Å²) >= 11 is 1.54. The lowest BCUT2D eigenvalue weighted by Crippen LogP contribution is -2.20. The van der Waals surface area contributed by atoms with Crippen LogP contribution in [0.3, 0.4) is 0 Å². The SMILES string of the molecule is Cc1cccc(C(=O)Oc2ccccc2C2C(C#N)=C(N)Oc3c2sc2ccccc32)c1. The molecule has 0 spiro atoms. The van der Waals surface area contributed by atoms with E-state index in [4.69, 9.17) is 15.2 Å². The van der Waals surface area contributed by atoms with Gasteiger partial charge >= 0.3 is 5.97 Å². The summed E-state index contributed by atoms with van der Waals surface area (Å²) in [5.41, 5.74) is 8.58. The van der Waals surface area contributed by atoms with Crippen LogP contribution in [0, 0.1) is 18.3 Å². The second-order valence-corrected chi connectivity index (χ2v) is 8.60. The average Bonchev–Trinajstić information content (AvgIpc) is 3.17. The van der Waals surface area contributed by atoms with E-state index in [1.54, 1.807) is 35.6 Å². The smallest absolute Gasteiger partial charge is 0.343 e. The van der Waals surface area contributed by atoms with Crippen LogP contribution < -0.4 is 15.2 Å². The number of rotatable bonds is 3. The summed E-state index contributed by atoms with van der Waals surface area (Å²) in [7, 11) is 0. The molecule has 0 aliphatic carbocycles. The van der Waals surface area contributed by atoms with Crippen LogP contribution in [0.4, 0.5) is 0 Å². The Morgan fingerprint density at radius 1 is 1.09 bits per heavy atom. The lowest BCUT2D eigenvalue weighted by Gasteiger charge is -2.25. The fraction of sp³-hybridized carbons (Fsp3) is 0.0769. The van der Waals surface area contributed by atoms with Gasteiger partial charge in [0.1, 0.15) is 17.4 Å². The van der Waals surface area contributed by atoms with Crippen LogP contribution in [0.15, 0.2) is 84.3 Å². The molecule has 0 saturated heterocycles. The van der Waals surface area contributed by atoms with Crippen molar-refractivity contribution in [2.24, 2.45) is 5.73 Å². The van der Waals surface area contributed by atoms with Gasteiger partial charge in [-0.2, -0.15) is 5.26 Å². The lowest BCUT2D eigenvalue weighted by molar-refractivity contribution is 0.0733. The van der Waals surface area contributed by atoms with E-state index in [2.05, 4.69) is 6.07 Å². The number of carbonyl (C=O) groups excluding carboxylic acids is 1. The van der Waals surface area contributed by atoms with E-state index >= 15 is 0 Å². The standard InChI is InChI=1S/C26H18N2O3S/c1-15-7-6-8-16(13-15)26(29)30-20-11-4-2-9-17(20)22-19(14-27)25(28)31-23-18-10-3-5-12-21(18)32-24(22)23/h2-13,22H,28H2,1H3. The molecule has 0 radical (unpaired) electrons. The highest BCUT2D eigenvalue weighted by molar-refractivity contribution is 7.19. The number of benzene rings is 3. The molecule has 1 aliphatic rings. The maximum absolute atomic E-state index is 12.9. The van der Waals surface area contributed by atoms with Gasteiger partial charge in [0.15, 0.2) is 5.75 Å². The van der Waals surface area contributed by atoms with Gasteiger partial charge in [-0.1, -0.05) is 48.0 Å². The van der Waals surface area contributed by atoms with Crippen molar-refractivity contribution in [3.8, 4) is 17.6 Å². The maximum atomic E-state index is 12.9. The van der Waals surface area contributed by atoms with Gasteiger partial charge in [0.2, 0.25) is 5.88 Å². The zero-order chi connectivity index (χ0) is 22.2. The van der Waals surface area contributed by atoms with Gasteiger partial charge in [0, 0.05) is 15.6 Å². The van der Waals surface area contributed by atoms with Crippen LogP contribution in [0.25, 0.3) is 10.1 Å². The first kappa shape index (κ1) is 19.9. The third-order valence-corrected chi connectivity index (χ3v) is 6.63. The van der Waals surface area contributed by atoms with Gasteiger partial charge in [-0.05, 0) is 37.3 Å². The number of para-hydroxylation sites is 1. The number of esters is 1. The number of nitrogens with two attached hydrogens (primary N) is 1. The molecular formula is C26H18N2O3S. The van der Waals surface area contributed by atoms with Crippen molar-refractivity contribution in [1.29, 1.82) is 5.26 Å². The third-order valence-electron chi connectivity index (χ3n) is 5.41. The average molecular weight is 439 g/mol. The zero-order valence-electron chi connectivity index (χ0n) is 17.2. The fourth-order valence-electron chi connectivity index (χ4n) is 3.93. The molecule has 0 saturated carbocycles. The van der Waals surface area contributed by atoms with Crippen LogP contribution in [0.5, 0.6) is 11.5 Å². The van der Waals surface area contributed by atoms with Crippen molar-refractivity contribution >= 4 is 27.4 Å². The molecule has 0 amide bonds. The van der Waals surface area contributed by atoms with Gasteiger partial charge in [0.05, 0.1) is 16.4 Å². The molecule has 5 nitrogen and oxygen atoms in total. The molecule has 156 valence electrons. The molecule has 1 atom stereocenters. The maximum Gasteiger partial charge on any atom is 0.343 e. The topological polar surface area (TPSA) is 85.3 Å². The number of hydrogen-bond donors (Lipinski definition) is 1. The Kier molecular flexibility index (Phi) is 4.89. The monoisotopic (exact) mass is 438 g/mol. The van der Waals surface area contributed by atoms with Crippen molar-refractivity contribution in [2.45, 2.75) is 12.8 Å². The predicted octanol–water partition coefficient (Wildman–Crippen LogP) is 5.65. The summed E-state index contributed by atoms with van der Waals surface area (Å²) in [4.78, 5) is 13.7. The number of fused-ring (bicyclic) bond motifs is 3. The van der Waals surface area contributed by atoms with Crippen LogP contribution in [-0.4, -0.2) is 5.97 Å². The minimum Gasteiger partial charge on any atom is -0.439 e. The van der Waals surface area contributed by atoms with Gasteiger partial charge < -0.3 is 15.2 Å². The highest BCUT2D eigenvalue weighted by Gasteiger charge is 2.35. The summed E-state index contributed by atoms with van der Waals surface area (Å²) in [6, 6.07) is 24.5. The lowest BCUT2D eigenvalue weighted by atomic mass is 9.87. The Bertz CT molecular complexity index is 1440. The van der Waals surface area contributed by atoms with E-state index in [-0.39, 0.29) is 5.88 Å². The Morgan fingerprint density at radius 2 is 1.88 bits per heavy atom. The molecule has 3 aromatic carbocycles. The summed E-state index contributed by atoms with van der Waals surface area (Å²) in [6.45, 7) is 1.92. The second kappa shape index (κ2) is 7.88. The van der Waals surface area contributed by atoms with E-state index in [1.807, 2.05) is 55.5 Å². The molecule has 4 aromatic rings. The Morgan fingerprint density at radius 3 is 2.69 bits per heavy atom. The van der Waals surface area contributed by atoms with Crippen molar-refractivity contribution < 1.29 is 14.3 Å². The Balaban J connectivity index is 1.64. The van der Waals surface area contributed by atoms with Gasteiger partial charge in [-0.3, -0.25) is 0 Å². The number of aryl methyl sites for hydroxylation is 1. The second-order valence-electron chi connectivity index (χ2n) is 7.51. The van der Waals surface area contributed by atoms with Gasteiger partial charge in [-0.25, -0.2) is 4.79 Å². The summed E-state index contributed by atoms with van der Waals surface area (Å²) in [5.74, 6) is 0.137. The largest absolute Gasteiger partial charge is 0.439 e. The number of allylic oxidation sites excluding steroid dienone is 1. The Hall–Kier alpha value is -4.08. The van der Waals surface area contributed by atoms with Crippen LogP contribution >= 0.6 is 11.3 Å².